The molecule has 0 unspecified atom stereocenters. The van der Waals surface area contributed by atoms with Crippen LogP contribution in [0.5, 0.6) is 17.2 Å². The van der Waals surface area contributed by atoms with Crippen molar-refractivity contribution in [2.75, 3.05) is 11.7 Å². The molecular weight excluding hydrogens is 542 g/mol. The summed E-state index contributed by atoms with van der Waals surface area (Å²) in [6, 6.07) is 30.6. The fourth-order valence-corrected chi connectivity index (χ4v) is 7.30. The van der Waals surface area contributed by atoms with Crippen LogP contribution in [0.2, 0.25) is 0 Å². The molecule has 3 aliphatic heterocycles. The van der Waals surface area contributed by atoms with Crippen LogP contribution < -0.4 is 19.1 Å². The number of allylic oxidation sites excluding steroid dienone is 1. The minimum Gasteiger partial charge on any atom is -0.454 e. The number of fused-ring (bicyclic) bond motifs is 9. The maximum Gasteiger partial charge on any atom is 0.319 e. The first kappa shape index (κ1) is 24.2. The number of rotatable bonds is 2. The van der Waals surface area contributed by atoms with Gasteiger partial charge in [0, 0.05) is 16.9 Å². The first-order chi connectivity index (χ1) is 21.1. The average Bonchev–Trinajstić information content (AvgIpc) is 3.61. The van der Waals surface area contributed by atoms with E-state index in [4.69, 9.17) is 14.2 Å². The zero-order valence-corrected chi connectivity index (χ0v) is 22.7. The highest BCUT2D eigenvalue weighted by atomic mass is 16.7. The molecule has 0 saturated carbocycles. The van der Waals surface area contributed by atoms with Gasteiger partial charge in [0.2, 0.25) is 18.6 Å². The first-order valence-electron chi connectivity index (χ1n) is 14.3. The van der Waals surface area contributed by atoms with E-state index in [-0.39, 0.29) is 12.7 Å². The van der Waals surface area contributed by atoms with E-state index in [9.17, 15) is 14.4 Å². The zero-order chi connectivity index (χ0) is 28.8. The fraction of sp³-hybridized carbons (Fsp3) is 0.139. The second-order valence-corrected chi connectivity index (χ2v) is 11.4. The maximum absolute atomic E-state index is 14.4. The summed E-state index contributed by atoms with van der Waals surface area (Å²) >= 11 is 0. The van der Waals surface area contributed by atoms with Gasteiger partial charge in [0.05, 0.1) is 23.4 Å². The number of ether oxygens (including phenoxy) is 3. The van der Waals surface area contributed by atoms with Crippen molar-refractivity contribution in [2.45, 2.75) is 5.92 Å². The Morgan fingerprint density at radius 1 is 0.674 bits per heavy atom. The van der Waals surface area contributed by atoms with Crippen molar-refractivity contribution >= 4 is 50.6 Å². The Balaban J connectivity index is 1.24. The molecule has 0 spiro atoms. The number of carbonyl (C=O) groups is 3. The van der Waals surface area contributed by atoms with E-state index < -0.39 is 35.5 Å². The van der Waals surface area contributed by atoms with Gasteiger partial charge in [-0.1, -0.05) is 78.9 Å². The van der Waals surface area contributed by atoms with Crippen molar-refractivity contribution in [3.8, 4) is 17.2 Å². The van der Waals surface area contributed by atoms with Gasteiger partial charge >= 0.3 is 5.97 Å². The van der Waals surface area contributed by atoms with Crippen LogP contribution in [0, 0.1) is 17.8 Å². The molecule has 0 radical (unpaired) electrons. The normalized spacial score (nSPS) is 23.6. The molecule has 9 rings (SSSR count). The average molecular weight is 566 g/mol. The van der Waals surface area contributed by atoms with E-state index in [0.29, 0.717) is 28.5 Å². The molecule has 1 fully saturated rings. The summed E-state index contributed by atoms with van der Waals surface area (Å²) in [5.41, 5.74) is 2.77. The van der Waals surface area contributed by atoms with Crippen LogP contribution in [0.1, 0.15) is 17.0 Å². The fourth-order valence-electron chi connectivity index (χ4n) is 7.30. The molecule has 0 aromatic heterocycles. The summed E-state index contributed by atoms with van der Waals surface area (Å²) in [5.74, 6) is -2.67. The number of esters is 1. The lowest BCUT2D eigenvalue weighted by Crippen LogP contribution is -2.42. The molecular formula is C36H23NO6. The third-order valence-corrected chi connectivity index (χ3v) is 9.26. The topological polar surface area (TPSA) is 82.1 Å². The van der Waals surface area contributed by atoms with Crippen LogP contribution >= 0.6 is 0 Å². The summed E-state index contributed by atoms with van der Waals surface area (Å²) in [5, 5.41) is 3.69. The van der Waals surface area contributed by atoms with Gasteiger partial charge in [-0.05, 0) is 51.6 Å². The quantitative estimate of drug-likeness (QED) is 0.143. The molecule has 7 heteroatoms. The van der Waals surface area contributed by atoms with E-state index in [0.717, 1.165) is 32.7 Å². The van der Waals surface area contributed by atoms with Crippen molar-refractivity contribution in [3.05, 3.63) is 114 Å². The highest BCUT2D eigenvalue weighted by Gasteiger charge is 2.60. The second-order valence-electron chi connectivity index (χ2n) is 11.4. The summed E-state index contributed by atoms with van der Waals surface area (Å²) < 4.78 is 17.2. The van der Waals surface area contributed by atoms with E-state index in [1.165, 1.54) is 4.90 Å². The number of benzene rings is 5. The predicted octanol–water partition coefficient (Wildman–Crippen LogP) is 6.24. The van der Waals surface area contributed by atoms with Gasteiger partial charge in [0.1, 0.15) is 5.75 Å². The van der Waals surface area contributed by atoms with Crippen molar-refractivity contribution in [3.63, 3.8) is 0 Å². The molecule has 208 valence electrons. The number of nitrogens with zero attached hydrogens (tertiary/aromatic N) is 1. The largest absolute Gasteiger partial charge is 0.454 e. The highest BCUT2D eigenvalue weighted by molar-refractivity contribution is 6.25. The SMILES string of the molecule is O=C1Oc2c(ccc3ccccc23)C2=C[C@H](c3ccc4c(c3)OCO4)[C@@H]3C(=O)N(c4ccc5ccccc5c4)C(=O)[C@@H]3[C@H]12. The predicted molar refractivity (Wildman–Crippen MR) is 160 cm³/mol. The Hall–Kier alpha value is -5.43. The van der Waals surface area contributed by atoms with Crippen LogP contribution in [-0.2, 0) is 14.4 Å². The van der Waals surface area contributed by atoms with Gasteiger partial charge < -0.3 is 14.2 Å². The third kappa shape index (κ3) is 3.39. The maximum atomic E-state index is 14.4. The van der Waals surface area contributed by atoms with Gasteiger partial charge in [-0.2, -0.15) is 0 Å². The molecule has 7 nitrogen and oxygen atoms in total. The number of hydrogen-bond donors (Lipinski definition) is 0. The van der Waals surface area contributed by atoms with Gasteiger partial charge in [0.25, 0.3) is 0 Å². The molecule has 3 heterocycles. The molecule has 4 aliphatic rings. The molecule has 1 aliphatic carbocycles. The van der Waals surface area contributed by atoms with Crippen LogP contribution in [0.3, 0.4) is 0 Å². The Morgan fingerprint density at radius 2 is 1.42 bits per heavy atom. The van der Waals surface area contributed by atoms with Crippen molar-refractivity contribution in [1.29, 1.82) is 0 Å². The van der Waals surface area contributed by atoms with Gasteiger partial charge in [-0.25, -0.2) is 4.90 Å². The molecule has 4 atom stereocenters. The number of imide groups is 1. The van der Waals surface area contributed by atoms with E-state index >= 15 is 0 Å². The molecule has 0 bridgehead atoms. The number of hydrogen-bond acceptors (Lipinski definition) is 6. The molecule has 1 saturated heterocycles. The van der Waals surface area contributed by atoms with Gasteiger partial charge in [0.15, 0.2) is 11.5 Å². The Labute approximate surface area is 245 Å². The smallest absolute Gasteiger partial charge is 0.319 e. The third-order valence-electron chi connectivity index (χ3n) is 9.26. The number of anilines is 1. The Bertz CT molecular complexity index is 2100. The van der Waals surface area contributed by atoms with E-state index in [1.807, 2.05) is 97.1 Å². The second kappa shape index (κ2) is 8.79. The van der Waals surface area contributed by atoms with Crippen LogP contribution in [0.4, 0.5) is 5.69 Å². The lowest BCUT2D eigenvalue weighted by molar-refractivity contribution is -0.142. The van der Waals surface area contributed by atoms with Gasteiger partial charge in [-0.15, -0.1) is 0 Å². The zero-order valence-electron chi connectivity index (χ0n) is 22.7. The standard InChI is InChI=1S/C36H23NO6/c38-34-30-26(22-11-14-28-29(16-22)42-18-41-28)17-27-25-13-10-20-6-3-4-8-24(20)33(25)43-36(40)31(27)32(30)35(39)37(34)23-12-9-19-5-1-2-7-21(19)15-23/h1-17,26,30-32H,18H2/t26-,30+,31-,32+/m1/s1. The van der Waals surface area contributed by atoms with Gasteiger partial charge in [-0.3, -0.25) is 14.4 Å². The number of amides is 2. The van der Waals surface area contributed by atoms with Crippen molar-refractivity contribution < 1.29 is 28.6 Å². The lowest BCUT2D eigenvalue weighted by atomic mass is 9.64. The summed E-state index contributed by atoms with van der Waals surface area (Å²) in [6.45, 7) is 0.123. The monoisotopic (exact) mass is 565 g/mol. The summed E-state index contributed by atoms with van der Waals surface area (Å²) in [4.78, 5) is 43.9. The van der Waals surface area contributed by atoms with Crippen molar-refractivity contribution in [2.24, 2.45) is 17.8 Å². The number of carbonyl (C=O) groups excluding carboxylic acids is 3. The molecule has 5 aromatic rings. The summed E-state index contributed by atoms with van der Waals surface area (Å²) in [7, 11) is 0. The highest BCUT2D eigenvalue weighted by Crippen LogP contribution is 2.56. The lowest BCUT2D eigenvalue weighted by Gasteiger charge is -2.38. The van der Waals surface area contributed by atoms with E-state index in [2.05, 4.69) is 0 Å². The summed E-state index contributed by atoms with van der Waals surface area (Å²) in [6.07, 6.45) is 1.99. The molecule has 0 N–H and O–H groups in total. The van der Waals surface area contributed by atoms with E-state index in [1.54, 1.807) is 6.07 Å². The van der Waals surface area contributed by atoms with Crippen LogP contribution in [-0.4, -0.2) is 24.6 Å². The minimum absolute atomic E-state index is 0.123. The Kier molecular flexibility index (Phi) is 4.94. The molecule has 43 heavy (non-hydrogen) atoms. The first-order valence-corrected chi connectivity index (χ1v) is 14.3. The van der Waals surface area contributed by atoms with Crippen LogP contribution in [0.25, 0.3) is 27.1 Å². The molecule has 2 amide bonds. The van der Waals surface area contributed by atoms with Crippen LogP contribution in [0.15, 0.2) is 103 Å². The Morgan fingerprint density at radius 3 is 2.30 bits per heavy atom. The van der Waals surface area contributed by atoms with Crippen molar-refractivity contribution in [1.82, 2.24) is 0 Å². The minimum atomic E-state index is -0.929. The molecule has 5 aromatic carbocycles.